The average Bonchev–Trinajstić information content (AvgIpc) is 2.80. The van der Waals surface area contributed by atoms with Crippen molar-refractivity contribution < 1.29 is 4.79 Å². The highest BCUT2D eigenvalue weighted by Crippen LogP contribution is 2.22. The van der Waals surface area contributed by atoms with Gasteiger partial charge in [-0.25, -0.2) is 0 Å². The van der Waals surface area contributed by atoms with Gasteiger partial charge in [0.05, 0.1) is 0 Å². The zero-order chi connectivity index (χ0) is 22.1. The van der Waals surface area contributed by atoms with Gasteiger partial charge >= 0.3 is 0 Å². The summed E-state index contributed by atoms with van der Waals surface area (Å²) in [6, 6.07) is 17.4. The first-order chi connectivity index (χ1) is 15.1. The first kappa shape index (κ1) is 23.2. The van der Waals surface area contributed by atoms with Crippen LogP contribution in [0.5, 0.6) is 0 Å². The van der Waals surface area contributed by atoms with E-state index >= 15 is 0 Å². The number of benzene rings is 2. The van der Waals surface area contributed by atoms with Gasteiger partial charge in [-0.3, -0.25) is 9.69 Å². The van der Waals surface area contributed by atoms with Crippen LogP contribution in [0.2, 0.25) is 0 Å². The number of nitrogens with zero attached hydrogens (tertiary/aromatic N) is 1. The lowest BCUT2D eigenvalue weighted by Gasteiger charge is -2.28. The molecule has 1 fully saturated rings. The van der Waals surface area contributed by atoms with Crippen LogP contribution in [-0.4, -0.2) is 30.3 Å². The molecule has 0 aromatic heterocycles. The van der Waals surface area contributed by atoms with Gasteiger partial charge in [-0.05, 0) is 66.6 Å². The molecule has 164 valence electrons. The Hall–Kier alpha value is -2.45. The maximum absolute atomic E-state index is 13.2. The summed E-state index contributed by atoms with van der Waals surface area (Å²) in [5.74, 6) is 0.190. The standard InChI is InChI=1S/C29H37NO/c1-4-7-9-23-11-15-25(16-12-23)19-27-21-30(6-3)22-28(29(27)31)20-26-17-13-24(14-18-26)10-8-5-2/h11-20H,4-10,21-22H2,1-3H3/b27-19+,28-20+. The molecule has 0 radical (unpaired) electrons. The Morgan fingerprint density at radius 2 is 1.13 bits per heavy atom. The van der Waals surface area contributed by atoms with Crippen LogP contribution >= 0.6 is 0 Å². The molecule has 0 spiro atoms. The van der Waals surface area contributed by atoms with Gasteiger partial charge in [-0.2, -0.15) is 0 Å². The molecule has 0 saturated carbocycles. The highest BCUT2D eigenvalue weighted by atomic mass is 16.1. The Balaban J connectivity index is 1.78. The summed E-state index contributed by atoms with van der Waals surface area (Å²) in [7, 11) is 0. The van der Waals surface area contributed by atoms with Gasteiger partial charge in [0.25, 0.3) is 0 Å². The Morgan fingerprint density at radius 3 is 1.48 bits per heavy atom. The van der Waals surface area contributed by atoms with E-state index < -0.39 is 0 Å². The maximum atomic E-state index is 13.2. The number of unbranched alkanes of at least 4 members (excludes halogenated alkanes) is 2. The Morgan fingerprint density at radius 1 is 0.710 bits per heavy atom. The van der Waals surface area contributed by atoms with Crippen LogP contribution in [0.25, 0.3) is 12.2 Å². The van der Waals surface area contributed by atoms with Gasteiger partial charge in [0.15, 0.2) is 5.78 Å². The van der Waals surface area contributed by atoms with Crippen molar-refractivity contribution in [2.24, 2.45) is 0 Å². The molecule has 2 aromatic carbocycles. The lowest BCUT2D eigenvalue weighted by molar-refractivity contribution is -0.113. The molecular weight excluding hydrogens is 378 g/mol. The van der Waals surface area contributed by atoms with Crippen LogP contribution in [0.1, 0.15) is 68.7 Å². The highest BCUT2D eigenvalue weighted by molar-refractivity contribution is 6.14. The number of likely N-dealkylation sites (tertiary alicyclic amines) is 1. The van der Waals surface area contributed by atoms with Gasteiger partial charge in [-0.1, -0.05) is 82.1 Å². The van der Waals surface area contributed by atoms with E-state index in [-0.39, 0.29) is 5.78 Å². The van der Waals surface area contributed by atoms with Crippen LogP contribution in [0.3, 0.4) is 0 Å². The molecule has 0 N–H and O–H groups in total. The molecule has 31 heavy (non-hydrogen) atoms. The van der Waals surface area contributed by atoms with E-state index in [1.807, 2.05) is 0 Å². The first-order valence-electron chi connectivity index (χ1n) is 12.0. The third-order valence-corrected chi connectivity index (χ3v) is 6.10. The maximum Gasteiger partial charge on any atom is 0.187 e. The molecule has 0 aliphatic carbocycles. The summed E-state index contributed by atoms with van der Waals surface area (Å²) in [5.41, 5.74) is 6.75. The predicted octanol–water partition coefficient (Wildman–Crippen LogP) is 6.74. The molecule has 1 aliphatic rings. The summed E-state index contributed by atoms with van der Waals surface area (Å²) in [5, 5.41) is 0. The number of Topliss-reactive ketones (excluding diaryl/α,β-unsaturated/α-hetero) is 1. The van der Waals surface area contributed by atoms with Crippen molar-refractivity contribution in [3.05, 3.63) is 81.9 Å². The van der Waals surface area contributed by atoms with Crippen molar-refractivity contribution in [3.63, 3.8) is 0 Å². The molecule has 1 heterocycles. The number of piperidine rings is 1. The summed E-state index contributed by atoms with van der Waals surface area (Å²) < 4.78 is 0. The number of ketones is 1. The second-order valence-corrected chi connectivity index (χ2v) is 8.66. The largest absolute Gasteiger partial charge is 0.295 e. The Labute approximate surface area is 188 Å². The van der Waals surface area contributed by atoms with Crippen molar-refractivity contribution >= 4 is 17.9 Å². The highest BCUT2D eigenvalue weighted by Gasteiger charge is 2.25. The van der Waals surface area contributed by atoms with Crippen LogP contribution in [0, 0.1) is 0 Å². The SMILES string of the molecule is CCCCc1ccc(/C=C2\CN(CC)C/C(=C\c3ccc(CCCC)cc3)C2=O)cc1. The summed E-state index contributed by atoms with van der Waals surface area (Å²) in [6.07, 6.45) is 11.3. The summed E-state index contributed by atoms with van der Waals surface area (Å²) in [6.45, 7) is 8.99. The molecule has 0 bridgehead atoms. The second kappa shape index (κ2) is 11.8. The number of likely N-dealkylation sites (N-methyl/N-ethyl adjacent to an activating group) is 1. The van der Waals surface area contributed by atoms with Gasteiger partial charge in [-0.15, -0.1) is 0 Å². The van der Waals surface area contributed by atoms with Gasteiger partial charge < -0.3 is 0 Å². The fourth-order valence-corrected chi connectivity index (χ4v) is 4.06. The molecule has 0 amide bonds. The predicted molar refractivity (Wildman–Crippen MR) is 133 cm³/mol. The van der Waals surface area contributed by atoms with Gasteiger partial charge in [0, 0.05) is 24.2 Å². The minimum Gasteiger partial charge on any atom is -0.295 e. The van der Waals surface area contributed by atoms with Gasteiger partial charge in [0.2, 0.25) is 0 Å². The Bertz CT molecular complexity index is 829. The van der Waals surface area contributed by atoms with E-state index in [9.17, 15) is 4.79 Å². The lowest BCUT2D eigenvalue weighted by Crippen LogP contribution is -2.37. The zero-order valence-electron chi connectivity index (χ0n) is 19.5. The van der Waals surface area contributed by atoms with Crippen LogP contribution in [0.15, 0.2) is 59.7 Å². The second-order valence-electron chi connectivity index (χ2n) is 8.66. The normalized spacial score (nSPS) is 17.6. The van der Waals surface area contributed by atoms with Crippen molar-refractivity contribution in [1.29, 1.82) is 0 Å². The Kier molecular flexibility index (Phi) is 8.85. The molecular formula is C29H37NO. The van der Waals surface area contributed by atoms with Crippen molar-refractivity contribution in [2.45, 2.75) is 59.3 Å². The van der Waals surface area contributed by atoms with Crippen LogP contribution in [0.4, 0.5) is 0 Å². The molecule has 1 saturated heterocycles. The quantitative estimate of drug-likeness (QED) is 0.423. The third kappa shape index (κ3) is 6.77. The van der Waals surface area contributed by atoms with E-state index in [1.54, 1.807) is 0 Å². The van der Waals surface area contributed by atoms with E-state index in [0.29, 0.717) is 0 Å². The molecule has 0 atom stereocenters. The monoisotopic (exact) mass is 415 g/mol. The summed E-state index contributed by atoms with van der Waals surface area (Å²) >= 11 is 0. The number of hydrogen-bond donors (Lipinski definition) is 0. The van der Waals surface area contributed by atoms with Crippen LogP contribution < -0.4 is 0 Å². The molecule has 2 nitrogen and oxygen atoms in total. The number of carbonyl (C=O) groups excluding carboxylic acids is 1. The van der Waals surface area contributed by atoms with Crippen molar-refractivity contribution in [3.8, 4) is 0 Å². The molecule has 3 rings (SSSR count). The minimum absolute atomic E-state index is 0.190. The number of hydrogen-bond acceptors (Lipinski definition) is 2. The summed E-state index contributed by atoms with van der Waals surface area (Å²) in [4.78, 5) is 15.6. The van der Waals surface area contributed by atoms with Crippen LogP contribution in [-0.2, 0) is 17.6 Å². The van der Waals surface area contributed by atoms with Crippen molar-refractivity contribution in [1.82, 2.24) is 4.90 Å². The molecule has 0 unspecified atom stereocenters. The molecule has 1 aliphatic heterocycles. The molecule has 2 aromatic rings. The average molecular weight is 416 g/mol. The number of aryl methyl sites for hydroxylation is 2. The topological polar surface area (TPSA) is 20.3 Å². The van der Waals surface area contributed by atoms with E-state index in [2.05, 4.69) is 86.4 Å². The van der Waals surface area contributed by atoms with E-state index in [1.165, 1.54) is 36.8 Å². The number of rotatable bonds is 9. The fourth-order valence-electron chi connectivity index (χ4n) is 4.06. The number of carbonyl (C=O) groups is 1. The zero-order valence-corrected chi connectivity index (χ0v) is 19.5. The van der Waals surface area contributed by atoms with Gasteiger partial charge in [0.1, 0.15) is 0 Å². The van der Waals surface area contributed by atoms with E-state index in [4.69, 9.17) is 0 Å². The first-order valence-corrected chi connectivity index (χ1v) is 12.0. The minimum atomic E-state index is 0.190. The smallest absolute Gasteiger partial charge is 0.187 e. The third-order valence-electron chi connectivity index (χ3n) is 6.10. The molecule has 2 heteroatoms. The lowest BCUT2D eigenvalue weighted by atomic mass is 9.93. The fraction of sp³-hybridized carbons (Fsp3) is 0.414. The van der Waals surface area contributed by atoms with E-state index in [0.717, 1.165) is 54.7 Å². The van der Waals surface area contributed by atoms with Crippen molar-refractivity contribution in [2.75, 3.05) is 19.6 Å².